The zero-order chi connectivity index (χ0) is 33.4. The molecule has 2 amide bonds. The van der Waals surface area contributed by atoms with Crippen LogP contribution < -0.4 is 5.32 Å². The fourth-order valence-electron chi connectivity index (χ4n) is 5.55. The topological polar surface area (TPSA) is 159 Å². The van der Waals surface area contributed by atoms with Gasteiger partial charge in [0.15, 0.2) is 5.82 Å². The molecule has 3 N–H and O–H groups in total. The molecule has 1 unspecified atom stereocenters. The second-order valence-electron chi connectivity index (χ2n) is 11.7. The molecule has 12 nitrogen and oxygen atoms in total. The summed E-state index contributed by atoms with van der Waals surface area (Å²) >= 11 is 6.33. The van der Waals surface area contributed by atoms with Gasteiger partial charge >= 0.3 is 6.09 Å². The molecule has 0 radical (unpaired) electrons. The lowest BCUT2D eigenvalue weighted by Gasteiger charge is -2.35. The average molecular weight is 657 g/mol. The van der Waals surface area contributed by atoms with Crippen LogP contribution in [0.3, 0.4) is 0 Å². The van der Waals surface area contributed by atoms with Crippen LogP contribution in [0, 0.1) is 11.2 Å². The number of amides is 2. The SMILES string of the molecule is CC(C)(C)C[C@]1(c2ccc(-c3cnccn3)cc2F)NC(=NC(=O)O)N(C(CO)c2ccc(Cl)c(-n3ncnc3C(F)F)c2)C1=O. The van der Waals surface area contributed by atoms with E-state index in [2.05, 4.69) is 30.4 Å². The molecule has 0 bridgehead atoms. The number of halogens is 4. The Morgan fingerprint density at radius 3 is 2.52 bits per heavy atom. The Hall–Kier alpha value is -4.89. The second kappa shape index (κ2) is 12.5. The summed E-state index contributed by atoms with van der Waals surface area (Å²) in [6.45, 7) is 4.69. The molecule has 5 rings (SSSR count). The molecular weight excluding hydrogens is 629 g/mol. The Labute approximate surface area is 265 Å². The van der Waals surface area contributed by atoms with Gasteiger partial charge in [-0.05, 0) is 35.6 Å². The minimum Gasteiger partial charge on any atom is -0.463 e. The number of carbonyl (C=O) groups is 2. The molecule has 3 heterocycles. The van der Waals surface area contributed by atoms with Gasteiger partial charge in [-0.25, -0.2) is 27.6 Å². The monoisotopic (exact) mass is 656 g/mol. The highest BCUT2D eigenvalue weighted by atomic mass is 35.5. The number of aliphatic hydroxyl groups is 1. The first-order valence-electron chi connectivity index (χ1n) is 13.8. The highest BCUT2D eigenvalue weighted by Gasteiger charge is 2.56. The van der Waals surface area contributed by atoms with Crippen molar-refractivity contribution in [2.45, 2.75) is 45.2 Å². The van der Waals surface area contributed by atoms with Crippen molar-refractivity contribution < 1.29 is 33.0 Å². The molecule has 2 aromatic heterocycles. The fourth-order valence-corrected chi connectivity index (χ4v) is 5.75. The van der Waals surface area contributed by atoms with Crippen molar-refractivity contribution in [3.05, 3.63) is 89.1 Å². The lowest BCUT2D eigenvalue weighted by Crippen LogP contribution is -2.47. The van der Waals surface area contributed by atoms with Gasteiger partial charge in [0.05, 0.1) is 35.2 Å². The first-order chi connectivity index (χ1) is 21.8. The highest BCUT2D eigenvalue weighted by molar-refractivity contribution is 6.32. The van der Waals surface area contributed by atoms with E-state index in [4.69, 9.17) is 11.6 Å². The van der Waals surface area contributed by atoms with Crippen LogP contribution in [0.25, 0.3) is 16.9 Å². The van der Waals surface area contributed by atoms with E-state index in [1.54, 1.807) is 6.07 Å². The fraction of sp³-hybridized carbons (Fsp3) is 0.300. The number of hydrogen-bond donors (Lipinski definition) is 3. The zero-order valence-corrected chi connectivity index (χ0v) is 25.5. The largest absolute Gasteiger partial charge is 0.463 e. The molecule has 240 valence electrons. The van der Waals surface area contributed by atoms with Crippen molar-refractivity contribution in [3.63, 3.8) is 0 Å². The molecule has 1 aliphatic heterocycles. The van der Waals surface area contributed by atoms with Crippen molar-refractivity contribution in [1.29, 1.82) is 0 Å². The maximum atomic E-state index is 16.1. The number of carboxylic acid groups (broad SMARTS) is 1. The van der Waals surface area contributed by atoms with E-state index < -0.39 is 59.6 Å². The van der Waals surface area contributed by atoms with Gasteiger partial charge < -0.3 is 15.5 Å². The molecule has 0 saturated carbocycles. The third-order valence-electron chi connectivity index (χ3n) is 7.26. The van der Waals surface area contributed by atoms with Crippen molar-refractivity contribution in [2.24, 2.45) is 10.4 Å². The number of alkyl halides is 2. The standard InChI is InChI=1S/C30H28ClF3N8O4/c1-29(2,3)14-30(18-6-4-16(10-20(18)32)21-12-35-8-9-36-21)26(44)41(27(40-30)39-28(45)46)23(13-43)17-5-7-19(31)22(11-17)42-25(24(33)34)37-15-38-42/h4-12,15,23-24,43H,13-14H2,1-3H3,(H,39,40)(H,45,46)/t23?,30-/m1/s1. The Morgan fingerprint density at radius 2 is 1.91 bits per heavy atom. The summed E-state index contributed by atoms with van der Waals surface area (Å²) in [5, 5.41) is 27.0. The van der Waals surface area contributed by atoms with Crippen LogP contribution in [0.1, 0.15) is 56.6 Å². The number of nitrogens with one attached hydrogen (secondary N) is 1. The number of aliphatic imine (C=N–C) groups is 1. The van der Waals surface area contributed by atoms with Crippen LogP contribution in [0.5, 0.6) is 0 Å². The van der Waals surface area contributed by atoms with Gasteiger partial charge in [-0.3, -0.25) is 19.7 Å². The van der Waals surface area contributed by atoms with Crippen LogP contribution in [0.15, 0.2) is 66.3 Å². The molecule has 1 fully saturated rings. The molecule has 4 aromatic rings. The lowest BCUT2D eigenvalue weighted by molar-refractivity contribution is -0.135. The summed E-state index contributed by atoms with van der Waals surface area (Å²) < 4.78 is 44.2. The predicted molar refractivity (Wildman–Crippen MR) is 160 cm³/mol. The number of benzene rings is 2. The van der Waals surface area contributed by atoms with E-state index in [1.165, 1.54) is 48.9 Å². The molecule has 0 aliphatic carbocycles. The molecule has 0 spiro atoms. The third kappa shape index (κ3) is 6.15. The Kier molecular flexibility index (Phi) is 8.82. The van der Waals surface area contributed by atoms with Gasteiger partial charge in [-0.15, -0.1) is 4.99 Å². The Bertz CT molecular complexity index is 1820. The minimum absolute atomic E-state index is 0.00508. The number of carbonyl (C=O) groups excluding carboxylic acids is 1. The Balaban J connectivity index is 1.66. The highest BCUT2D eigenvalue weighted by Crippen LogP contribution is 2.44. The van der Waals surface area contributed by atoms with E-state index >= 15 is 4.39 Å². The quantitative estimate of drug-likeness (QED) is 0.229. The number of aromatic nitrogens is 5. The Morgan fingerprint density at radius 1 is 1.15 bits per heavy atom. The van der Waals surface area contributed by atoms with Crippen molar-refractivity contribution in [2.75, 3.05) is 6.61 Å². The number of aliphatic hydroxyl groups excluding tert-OH is 1. The van der Waals surface area contributed by atoms with E-state index in [9.17, 15) is 28.6 Å². The minimum atomic E-state index is -3.00. The normalized spacial score (nSPS) is 18.3. The molecule has 46 heavy (non-hydrogen) atoms. The number of hydrogen-bond acceptors (Lipinski definition) is 7. The smallest absolute Gasteiger partial charge is 0.434 e. The van der Waals surface area contributed by atoms with Gasteiger partial charge in [-0.2, -0.15) is 5.10 Å². The van der Waals surface area contributed by atoms with E-state index in [-0.39, 0.29) is 28.3 Å². The van der Waals surface area contributed by atoms with Crippen molar-refractivity contribution in [3.8, 4) is 16.9 Å². The van der Waals surface area contributed by atoms with Crippen molar-refractivity contribution >= 4 is 29.6 Å². The summed E-state index contributed by atoms with van der Waals surface area (Å²) in [6, 6.07) is 6.93. The average Bonchev–Trinajstić information content (AvgIpc) is 3.58. The van der Waals surface area contributed by atoms with Crippen molar-refractivity contribution in [1.82, 2.24) is 34.9 Å². The molecule has 1 aliphatic rings. The lowest BCUT2D eigenvalue weighted by atomic mass is 9.75. The van der Waals surface area contributed by atoms with Crippen LogP contribution in [0.4, 0.5) is 18.0 Å². The van der Waals surface area contributed by atoms with E-state index in [0.29, 0.717) is 11.3 Å². The van der Waals surface area contributed by atoms with E-state index in [0.717, 1.165) is 15.9 Å². The molecule has 16 heteroatoms. The summed E-state index contributed by atoms with van der Waals surface area (Å²) in [6.07, 6.45) is 0.598. The summed E-state index contributed by atoms with van der Waals surface area (Å²) in [4.78, 5) is 42.8. The first-order valence-corrected chi connectivity index (χ1v) is 14.2. The molecule has 2 atom stereocenters. The molecular formula is C30H28ClF3N8O4. The second-order valence-corrected chi connectivity index (χ2v) is 12.1. The number of rotatable bonds is 8. The van der Waals surface area contributed by atoms with E-state index in [1.807, 2.05) is 20.8 Å². The molecule has 1 saturated heterocycles. The predicted octanol–water partition coefficient (Wildman–Crippen LogP) is 5.29. The van der Waals surface area contributed by atoms with Gasteiger partial charge in [0.25, 0.3) is 12.3 Å². The van der Waals surface area contributed by atoms with Crippen LogP contribution in [-0.4, -0.2) is 64.4 Å². The summed E-state index contributed by atoms with van der Waals surface area (Å²) in [5.41, 5.74) is -1.71. The number of nitrogens with zero attached hydrogens (tertiary/aromatic N) is 7. The zero-order valence-electron chi connectivity index (χ0n) is 24.7. The summed E-state index contributed by atoms with van der Waals surface area (Å²) in [7, 11) is 0. The van der Waals surface area contributed by atoms with Gasteiger partial charge in [0.2, 0.25) is 5.96 Å². The van der Waals surface area contributed by atoms with Gasteiger partial charge in [0.1, 0.15) is 17.7 Å². The van der Waals surface area contributed by atoms with Crippen LogP contribution in [-0.2, 0) is 10.3 Å². The number of guanidine groups is 1. The first kappa shape index (κ1) is 32.5. The van der Waals surface area contributed by atoms with Crippen LogP contribution >= 0.6 is 11.6 Å². The summed E-state index contributed by atoms with van der Waals surface area (Å²) in [5.74, 6) is -2.76. The third-order valence-corrected chi connectivity index (χ3v) is 7.58. The van der Waals surface area contributed by atoms with Gasteiger partial charge in [-0.1, -0.05) is 50.6 Å². The molecule has 2 aromatic carbocycles. The maximum absolute atomic E-state index is 16.1. The van der Waals surface area contributed by atoms with Gasteiger partial charge in [0, 0.05) is 23.5 Å². The van der Waals surface area contributed by atoms with Crippen LogP contribution in [0.2, 0.25) is 5.02 Å². The maximum Gasteiger partial charge on any atom is 0.434 e.